The Morgan fingerprint density at radius 2 is 1.62 bits per heavy atom. The van der Waals surface area contributed by atoms with Crippen LogP contribution in [0, 0.1) is 11.7 Å². The zero-order chi connectivity index (χ0) is 30.3. The molecular formula is C31H36FN3O6S. The lowest BCUT2D eigenvalue weighted by Crippen LogP contribution is -2.52. The first-order chi connectivity index (χ1) is 20.1. The maximum Gasteiger partial charge on any atom is 0.264 e. The molecule has 3 aromatic carbocycles. The van der Waals surface area contributed by atoms with Crippen LogP contribution >= 0.6 is 0 Å². The van der Waals surface area contributed by atoms with Gasteiger partial charge in [-0.3, -0.25) is 13.9 Å². The Balaban J connectivity index is 1.73. The maximum atomic E-state index is 14.1. The number of nitrogens with one attached hydrogen (secondary N) is 1. The summed E-state index contributed by atoms with van der Waals surface area (Å²) in [4.78, 5) is 28.7. The molecule has 0 aromatic heterocycles. The fourth-order valence-corrected chi connectivity index (χ4v) is 5.99. The summed E-state index contributed by atoms with van der Waals surface area (Å²) in [6, 6.07) is 17.2. The maximum absolute atomic E-state index is 14.1. The fourth-order valence-electron chi connectivity index (χ4n) is 4.56. The highest BCUT2D eigenvalue weighted by atomic mass is 32.2. The number of benzene rings is 3. The molecule has 2 amide bonds. The van der Waals surface area contributed by atoms with Gasteiger partial charge in [0.05, 0.1) is 10.6 Å². The monoisotopic (exact) mass is 597 g/mol. The Kier molecular flexibility index (Phi) is 10.1. The van der Waals surface area contributed by atoms with Gasteiger partial charge in [-0.05, 0) is 54.3 Å². The third kappa shape index (κ3) is 7.39. The van der Waals surface area contributed by atoms with Gasteiger partial charge in [0.1, 0.15) is 31.6 Å². The summed E-state index contributed by atoms with van der Waals surface area (Å²) in [6.07, 6.45) is 0.284. The number of rotatable bonds is 12. The number of halogens is 1. The molecule has 1 heterocycles. The minimum Gasteiger partial charge on any atom is -0.486 e. The number of nitrogens with zero attached hydrogens (tertiary/aromatic N) is 2. The van der Waals surface area contributed by atoms with E-state index in [0.717, 1.165) is 4.31 Å². The van der Waals surface area contributed by atoms with Gasteiger partial charge in [-0.2, -0.15) is 0 Å². The average molecular weight is 598 g/mol. The van der Waals surface area contributed by atoms with Crippen LogP contribution < -0.4 is 19.1 Å². The largest absolute Gasteiger partial charge is 0.486 e. The average Bonchev–Trinajstić information content (AvgIpc) is 2.99. The summed E-state index contributed by atoms with van der Waals surface area (Å²) < 4.78 is 53.9. The number of fused-ring (bicyclic) bond motifs is 1. The van der Waals surface area contributed by atoms with E-state index in [0.29, 0.717) is 36.8 Å². The van der Waals surface area contributed by atoms with Crippen molar-refractivity contribution in [2.75, 3.05) is 30.6 Å². The van der Waals surface area contributed by atoms with Crippen LogP contribution in [0.15, 0.2) is 77.7 Å². The van der Waals surface area contributed by atoms with Crippen LogP contribution in [0.4, 0.5) is 10.1 Å². The van der Waals surface area contributed by atoms with Gasteiger partial charge in [-0.25, -0.2) is 12.8 Å². The highest BCUT2D eigenvalue weighted by molar-refractivity contribution is 7.92. The molecule has 0 aliphatic carbocycles. The first-order valence-corrected chi connectivity index (χ1v) is 15.3. The Morgan fingerprint density at radius 3 is 2.26 bits per heavy atom. The summed E-state index contributed by atoms with van der Waals surface area (Å²) in [5.41, 5.74) is 0.798. The number of hydrogen-bond donors (Lipinski definition) is 1. The van der Waals surface area contributed by atoms with Gasteiger partial charge in [0.2, 0.25) is 11.8 Å². The van der Waals surface area contributed by atoms with E-state index in [4.69, 9.17) is 9.47 Å². The van der Waals surface area contributed by atoms with Crippen molar-refractivity contribution < 1.29 is 31.9 Å². The van der Waals surface area contributed by atoms with E-state index in [9.17, 15) is 22.4 Å². The van der Waals surface area contributed by atoms with E-state index in [1.807, 2.05) is 13.8 Å². The van der Waals surface area contributed by atoms with Crippen LogP contribution in [-0.2, 0) is 26.2 Å². The van der Waals surface area contributed by atoms with E-state index < -0.39 is 34.3 Å². The predicted molar refractivity (Wildman–Crippen MR) is 157 cm³/mol. The molecule has 42 heavy (non-hydrogen) atoms. The number of anilines is 1. The summed E-state index contributed by atoms with van der Waals surface area (Å²) in [6.45, 7) is 6.18. The highest BCUT2D eigenvalue weighted by Gasteiger charge is 2.34. The lowest BCUT2D eigenvalue weighted by Gasteiger charge is -2.33. The molecule has 1 N–H and O–H groups in total. The lowest BCUT2D eigenvalue weighted by atomic mass is 10.1. The molecule has 4 rings (SSSR count). The predicted octanol–water partition coefficient (Wildman–Crippen LogP) is 4.37. The third-order valence-electron chi connectivity index (χ3n) is 6.76. The van der Waals surface area contributed by atoms with Crippen molar-refractivity contribution in [1.82, 2.24) is 10.2 Å². The van der Waals surface area contributed by atoms with Crippen LogP contribution in [-0.4, -0.2) is 57.5 Å². The van der Waals surface area contributed by atoms with Crippen LogP contribution in [0.3, 0.4) is 0 Å². The topological polar surface area (TPSA) is 105 Å². The van der Waals surface area contributed by atoms with Crippen molar-refractivity contribution >= 4 is 27.5 Å². The minimum absolute atomic E-state index is 0.000471. The van der Waals surface area contributed by atoms with Crippen LogP contribution in [0.1, 0.15) is 32.8 Å². The van der Waals surface area contributed by atoms with Crippen molar-refractivity contribution in [3.8, 4) is 11.5 Å². The van der Waals surface area contributed by atoms with E-state index in [2.05, 4.69) is 5.32 Å². The summed E-state index contributed by atoms with van der Waals surface area (Å²) in [5.74, 6) is -0.355. The van der Waals surface area contributed by atoms with Crippen LogP contribution in [0.5, 0.6) is 11.5 Å². The van der Waals surface area contributed by atoms with Gasteiger partial charge in [0.15, 0.2) is 11.5 Å². The number of carbonyl (C=O) groups is 2. The molecule has 224 valence electrons. The molecule has 0 saturated carbocycles. The summed E-state index contributed by atoms with van der Waals surface area (Å²) in [7, 11) is -4.22. The number of ether oxygens (including phenoxy) is 2. The number of sulfonamides is 1. The zero-order valence-corrected chi connectivity index (χ0v) is 24.8. The standard InChI is InChI=1S/C31H36FN3O6S/c1-4-27(31(37)33-19-22(2)3)34(20-23-10-12-24(32)13-11-23)30(36)21-35(42(38,39)26-8-6-5-7-9-26)25-14-15-28-29(18-25)41-17-16-40-28/h5-15,18,22,27H,4,16-17,19-21H2,1-3H3,(H,33,37). The Labute approximate surface area is 246 Å². The van der Waals surface area contributed by atoms with Crippen molar-refractivity contribution in [1.29, 1.82) is 0 Å². The van der Waals surface area contributed by atoms with Gasteiger partial charge < -0.3 is 19.7 Å². The molecule has 3 aromatic rings. The molecule has 11 heteroatoms. The van der Waals surface area contributed by atoms with Gasteiger partial charge in [-0.15, -0.1) is 0 Å². The zero-order valence-electron chi connectivity index (χ0n) is 24.0. The highest BCUT2D eigenvalue weighted by Crippen LogP contribution is 2.36. The molecule has 0 saturated heterocycles. The number of carbonyl (C=O) groups excluding carboxylic acids is 2. The summed E-state index contributed by atoms with van der Waals surface area (Å²) in [5, 5.41) is 2.88. The van der Waals surface area contributed by atoms with Gasteiger partial charge in [0.25, 0.3) is 10.0 Å². The smallest absolute Gasteiger partial charge is 0.264 e. The van der Waals surface area contributed by atoms with Crippen LogP contribution in [0.2, 0.25) is 0 Å². The van der Waals surface area contributed by atoms with E-state index in [1.165, 1.54) is 47.4 Å². The molecule has 0 fully saturated rings. The third-order valence-corrected chi connectivity index (χ3v) is 8.55. The fraction of sp³-hybridized carbons (Fsp3) is 0.355. The van der Waals surface area contributed by atoms with Crippen LogP contribution in [0.25, 0.3) is 0 Å². The number of hydrogen-bond acceptors (Lipinski definition) is 6. The molecule has 0 radical (unpaired) electrons. The molecule has 1 unspecified atom stereocenters. The van der Waals surface area contributed by atoms with Gasteiger partial charge in [-0.1, -0.05) is 51.1 Å². The van der Waals surface area contributed by atoms with Crippen molar-refractivity contribution in [2.45, 2.75) is 44.7 Å². The van der Waals surface area contributed by atoms with Crippen molar-refractivity contribution in [3.63, 3.8) is 0 Å². The molecule has 1 aliphatic heterocycles. The van der Waals surface area contributed by atoms with E-state index >= 15 is 0 Å². The number of amides is 2. The van der Waals surface area contributed by atoms with Gasteiger partial charge in [0, 0.05) is 19.2 Å². The van der Waals surface area contributed by atoms with E-state index in [-0.39, 0.29) is 35.4 Å². The molecular weight excluding hydrogens is 561 g/mol. The molecule has 9 nitrogen and oxygen atoms in total. The molecule has 1 aliphatic rings. The first-order valence-electron chi connectivity index (χ1n) is 13.9. The second-order valence-corrected chi connectivity index (χ2v) is 12.2. The lowest BCUT2D eigenvalue weighted by molar-refractivity contribution is -0.140. The Bertz CT molecular complexity index is 1480. The SMILES string of the molecule is CCC(C(=O)NCC(C)C)N(Cc1ccc(F)cc1)C(=O)CN(c1ccc2c(c1)OCCO2)S(=O)(=O)c1ccccc1. The molecule has 0 spiro atoms. The second kappa shape index (κ2) is 13.7. The Hall–Kier alpha value is -4.12. The van der Waals surface area contributed by atoms with Crippen molar-refractivity contribution in [3.05, 3.63) is 84.2 Å². The normalized spacial score (nSPS) is 13.4. The minimum atomic E-state index is -4.22. The quantitative estimate of drug-likeness (QED) is 0.333. The second-order valence-electron chi connectivity index (χ2n) is 10.4. The molecule has 0 bridgehead atoms. The van der Waals surface area contributed by atoms with Gasteiger partial charge >= 0.3 is 0 Å². The van der Waals surface area contributed by atoms with E-state index in [1.54, 1.807) is 37.3 Å². The van der Waals surface area contributed by atoms with Crippen molar-refractivity contribution in [2.24, 2.45) is 5.92 Å². The Morgan fingerprint density at radius 1 is 0.952 bits per heavy atom. The molecule has 1 atom stereocenters. The first kappa shape index (κ1) is 30.8. The summed E-state index contributed by atoms with van der Waals surface area (Å²) >= 11 is 0.